The normalized spacial score (nSPS) is 19.5. The van der Waals surface area contributed by atoms with E-state index in [4.69, 9.17) is 0 Å². The molecule has 2 rings (SSSR count). The zero-order chi connectivity index (χ0) is 13.5. The lowest BCUT2D eigenvalue weighted by atomic mass is 10.0. The molecule has 1 N–H and O–H groups in total. The zero-order valence-corrected chi connectivity index (χ0v) is 12.1. The van der Waals surface area contributed by atoms with Gasteiger partial charge in [-0.15, -0.1) is 5.10 Å². The van der Waals surface area contributed by atoms with Crippen LogP contribution in [0.15, 0.2) is 6.20 Å². The number of piperidine rings is 1. The summed E-state index contributed by atoms with van der Waals surface area (Å²) in [6.45, 7) is 7.59. The number of nitrogens with zero attached hydrogens (tertiary/aromatic N) is 4. The van der Waals surface area contributed by atoms with Crippen molar-refractivity contribution in [3.05, 3.63) is 6.20 Å². The first-order valence-electron chi connectivity index (χ1n) is 7.48. The summed E-state index contributed by atoms with van der Waals surface area (Å²) in [7, 11) is 0. The van der Waals surface area contributed by atoms with Gasteiger partial charge >= 0.3 is 0 Å². The number of aromatic nitrogens is 3. The molecule has 0 amide bonds. The van der Waals surface area contributed by atoms with Crippen molar-refractivity contribution in [3.8, 4) is 0 Å². The Morgan fingerprint density at radius 2 is 2.32 bits per heavy atom. The quantitative estimate of drug-likeness (QED) is 0.800. The summed E-state index contributed by atoms with van der Waals surface area (Å²) in [5.74, 6) is 2.36. The Kier molecular flexibility index (Phi) is 5.36. The zero-order valence-electron chi connectivity index (χ0n) is 12.1. The van der Waals surface area contributed by atoms with Crippen LogP contribution in [0.5, 0.6) is 0 Å². The lowest BCUT2D eigenvalue weighted by Crippen LogP contribution is -2.35. The minimum absolute atomic E-state index is 0.659. The maximum absolute atomic E-state index is 4.57. The van der Waals surface area contributed by atoms with Gasteiger partial charge in [-0.25, -0.2) is 0 Å². The fourth-order valence-corrected chi connectivity index (χ4v) is 2.49. The van der Waals surface area contributed by atoms with Gasteiger partial charge in [-0.05, 0) is 25.2 Å². The molecular weight excluding hydrogens is 238 g/mol. The van der Waals surface area contributed by atoms with Gasteiger partial charge < -0.3 is 10.2 Å². The molecule has 2 heterocycles. The largest absolute Gasteiger partial charge is 0.355 e. The summed E-state index contributed by atoms with van der Waals surface area (Å²) in [6.07, 6.45) is 7.96. The minimum Gasteiger partial charge on any atom is -0.355 e. The van der Waals surface area contributed by atoms with Gasteiger partial charge in [-0.1, -0.05) is 26.7 Å². The van der Waals surface area contributed by atoms with E-state index >= 15 is 0 Å². The Morgan fingerprint density at radius 1 is 1.42 bits per heavy atom. The van der Waals surface area contributed by atoms with Gasteiger partial charge in [-0.2, -0.15) is 10.1 Å². The topological polar surface area (TPSA) is 53.9 Å². The molecule has 106 valence electrons. The number of anilines is 2. The second kappa shape index (κ2) is 7.26. The van der Waals surface area contributed by atoms with E-state index in [1.165, 1.54) is 25.7 Å². The van der Waals surface area contributed by atoms with Gasteiger partial charge in [0, 0.05) is 19.6 Å². The highest BCUT2D eigenvalue weighted by Crippen LogP contribution is 2.20. The molecule has 1 aromatic rings. The molecule has 0 bridgehead atoms. The first-order chi connectivity index (χ1) is 9.29. The van der Waals surface area contributed by atoms with E-state index in [2.05, 4.69) is 39.2 Å². The fourth-order valence-electron chi connectivity index (χ4n) is 2.49. The van der Waals surface area contributed by atoms with Gasteiger partial charge in [0.05, 0.1) is 6.20 Å². The molecule has 1 saturated heterocycles. The number of hydrogen-bond acceptors (Lipinski definition) is 5. The van der Waals surface area contributed by atoms with E-state index in [-0.39, 0.29) is 0 Å². The molecule has 0 radical (unpaired) electrons. The van der Waals surface area contributed by atoms with Crippen molar-refractivity contribution in [2.24, 2.45) is 5.92 Å². The molecule has 0 aromatic carbocycles. The Hall–Kier alpha value is -1.39. The van der Waals surface area contributed by atoms with Crippen molar-refractivity contribution in [1.82, 2.24) is 15.2 Å². The summed E-state index contributed by atoms with van der Waals surface area (Å²) in [5.41, 5.74) is 0. The Balaban J connectivity index is 1.90. The highest BCUT2D eigenvalue weighted by molar-refractivity contribution is 5.40. The second-order valence-corrected chi connectivity index (χ2v) is 5.47. The predicted molar refractivity (Wildman–Crippen MR) is 78.5 cm³/mol. The van der Waals surface area contributed by atoms with Gasteiger partial charge in [0.15, 0.2) is 5.82 Å². The summed E-state index contributed by atoms with van der Waals surface area (Å²) in [5, 5.41) is 11.4. The number of rotatable bonds is 6. The smallest absolute Gasteiger partial charge is 0.244 e. The van der Waals surface area contributed by atoms with Crippen molar-refractivity contribution < 1.29 is 0 Å². The first-order valence-corrected chi connectivity index (χ1v) is 7.48. The van der Waals surface area contributed by atoms with Crippen LogP contribution < -0.4 is 10.2 Å². The average molecular weight is 263 g/mol. The average Bonchev–Trinajstić information content (AvgIpc) is 2.44. The van der Waals surface area contributed by atoms with E-state index in [9.17, 15) is 0 Å². The van der Waals surface area contributed by atoms with Crippen molar-refractivity contribution in [2.75, 3.05) is 29.9 Å². The maximum Gasteiger partial charge on any atom is 0.244 e. The van der Waals surface area contributed by atoms with Crippen LogP contribution in [0.1, 0.15) is 46.0 Å². The molecule has 0 spiro atoms. The lowest BCUT2D eigenvalue weighted by Gasteiger charge is -2.31. The summed E-state index contributed by atoms with van der Waals surface area (Å²) >= 11 is 0. The number of nitrogens with one attached hydrogen (secondary N) is 1. The highest BCUT2D eigenvalue weighted by Gasteiger charge is 2.18. The maximum atomic E-state index is 4.57. The Labute approximate surface area is 115 Å². The van der Waals surface area contributed by atoms with Crippen LogP contribution in [0, 0.1) is 5.92 Å². The van der Waals surface area contributed by atoms with Gasteiger partial charge in [-0.3, -0.25) is 0 Å². The third kappa shape index (κ3) is 4.33. The monoisotopic (exact) mass is 263 g/mol. The van der Waals surface area contributed by atoms with Crippen molar-refractivity contribution in [1.29, 1.82) is 0 Å². The molecule has 5 nitrogen and oxygen atoms in total. The molecule has 0 aliphatic carbocycles. The number of hydrogen-bond donors (Lipinski definition) is 1. The summed E-state index contributed by atoms with van der Waals surface area (Å²) < 4.78 is 0. The summed E-state index contributed by atoms with van der Waals surface area (Å²) in [6, 6.07) is 0. The third-order valence-corrected chi connectivity index (χ3v) is 3.59. The van der Waals surface area contributed by atoms with E-state index < -0.39 is 0 Å². The van der Waals surface area contributed by atoms with Crippen LogP contribution in [-0.4, -0.2) is 34.8 Å². The van der Waals surface area contributed by atoms with Crippen molar-refractivity contribution in [2.45, 2.75) is 46.0 Å². The van der Waals surface area contributed by atoms with E-state index in [0.29, 0.717) is 5.95 Å². The standard InChI is InChI=1S/C14H25N5/c1-3-4-5-8-15-14-17-13(10-16-18-14)19-9-6-7-12(2)11-19/h10,12H,3-9,11H2,1-2H3,(H,15,17,18). The van der Waals surface area contributed by atoms with Crippen LogP contribution in [0.4, 0.5) is 11.8 Å². The van der Waals surface area contributed by atoms with Gasteiger partial charge in [0.25, 0.3) is 0 Å². The third-order valence-electron chi connectivity index (χ3n) is 3.59. The van der Waals surface area contributed by atoms with Crippen molar-refractivity contribution in [3.63, 3.8) is 0 Å². The highest BCUT2D eigenvalue weighted by atomic mass is 15.3. The molecule has 1 aromatic heterocycles. The molecule has 19 heavy (non-hydrogen) atoms. The minimum atomic E-state index is 0.659. The second-order valence-electron chi connectivity index (χ2n) is 5.47. The van der Waals surface area contributed by atoms with Crippen LogP contribution in [0.25, 0.3) is 0 Å². The molecule has 1 aliphatic rings. The van der Waals surface area contributed by atoms with E-state index in [0.717, 1.165) is 37.8 Å². The van der Waals surface area contributed by atoms with Gasteiger partial charge in [0.1, 0.15) is 0 Å². The SMILES string of the molecule is CCCCCNc1nncc(N2CCCC(C)C2)n1. The van der Waals surface area contributed by atoms with Crippen LogP contribution in [-0.2, 0) is 0 Å². The Morgan fingerprint density at radius 3 is 3.11 bits per heavy atom. The molecule has 1 unspecified atom stereocenters. The molecule has 1 atom stereocenters. The number of unbranched alkanes of at least 4 members (excludes halogenated alkanes) is 2. The van der Waals surface area contributed by atoms with Crippen LogP contribution >= 0.6 is 0 Å². The predicted octanol–water partition coefficient (Wildman–Crippen LogP) is 2.71. The lowest BCUT2D eigenvalue weighted by molar-refractivity contribution is 0.444. The van der Waals surface area contributed by atoms with Gasteiger partial charge in [0.2, 0.25) is 5.95 Å². The molecule has 5 heteroatoms. The van der Waals surface area contributed by atoms with Crippen LogP contribution in [0.3, 0.4) is 0 Å². The van der Waals surface area contributed by atoms with E-state index in [1.807, 2.05) is 0 Å². The summed E-state index contributed by atoms with van der Waals surface area (Å²) in [4.78, 5) is 6.89. The molecular formula is C14H25N5. The Bertz CT molecular complexity index is 382. The molecule has 1 aliphatic heterocycles. The molecule has 0 saturated carbocycles. The van der Waals surface area contributed by atoms with Crippen molar-refractivity contribution >= 4 is 11.8 Å². The van der Waals surface area contributed by atoms with Crippen LogP contribution in [0.2, 0.25) is 0 Å². The van der Waals surface area contributed by atoms with E-state index in [1.54, 1.807) is 6.20 Å². The molecule has 1 fully saturated rings. The fraction of sp³-hybridized carbons (Fsp3) is 0.786. The first kappa shape index (κ1) is 14.0.